The zero-order valence-corrected chi connectivity index (χ0v) is 27.3. The molecule has 0 spiro atoms. The Kier molecular flexibility index (Phi) is 10.5. The van der Waals surface area contributed by atoms with Crippen molar-refractivity contribution in [2.45, 2.75) is 83.5 Å². The van der Waals surface area contributed by atoms with Crippen molar-refractivity contribution in [1.82, 2.24) is 0 Å². The van der Waals surface area contributed by atoms with Gasteiger partial charge in [-0.1, -0.05) is 88.4 Å². The van der Waals surface area contributed by atoms with Crippen molar-refractivity contribution in [3.8, 4) is 0 Å². The van der Waals surface area contributed by atoms with Crippen LogP contribution in [0.4, 0.5) is 11.4 Å². The third-order valence-electron chi connectivity index (χ3n) is 9.08. The van der Waals surface area contributed by atoms with Crippen LogP contribution in [0.1, 0.15) is 78.4 Å². The number of benzene rings is 2. The van der Waals surface area contributed by atoms with Crippen LogP contribution in [0.3, 0.4) is 0 Å². The zero-order chi connectivity index (χ0) is 32.0. The van der Waals surface area contributed by atoms with Crippen molar-refractivity contribution in [2.75, 3.05) is 36.1 Å². The zero-order valence-electron chi connectivity index (χ0n) is 27.3. The van der Waals surface area contributed by atoms with E-state index >= 15 is 0 Å². The van der Waals surface area contributed by atoms with Crippen LogP contribution in [0.25, 0.3) is 0 Å². The lowest BCUT2D eigenvalue weighted by molar-refractivity contribution is -0.144. The number of rotatable bonds is 13. The minimum Gasteiger partial charge on any atom is -0.466 e. The largest absolute Gasteiger partial charge is 0.466 e. The van der Waals surface area contributed by atoms with Crippen molar-refractivity contribution in [3.63, 3.8) is 0 Å². The molecule has 2 aromatic rings. The van der Waals surface area contributed by atoms with Gasteiger partial charge in [-0.05, 0) is 56.0 Å². The normalized spacial score (nSPS) is 20.8. The highest BCUT2D eigenvalue weighted by atomic mass is 16.5. The van der Waals surface area contributed by atoms with E-state index in [-0.39, 0.29) is 22.8 Å². The van der Waals surface area contributed by atoms with Gasteiger partial charge in [-0.15, -0.1) is 0 Å². The second-order valence-electron chi connectivity index (χ2n) is 12.5. The standard InChI is InChI=1S/C37H47BN2O4/c1-7-43-33(41)23-16-26-39-30-20-13-11-18-28(30)35(3,4)32(39)22-10-9-15-25-37(38)36(5,6)29-19-12-14-21-31(29)40(37)27-17-24-34(42)44-8-2/h9-15,18-22,25H,7-8,16-17,23-24,26-27H2,1-6H3/b10-9+,25-15+,32-22+. The fraction of sp³-hybridized carbons (Fsp3) is 0.459. The Morgan fingerprint density at radius 3 is 1.98 bits per heavy atom. The highest BCUT2D eigenvalue weighted by Crippen LogP contribution is 2.51. The fourth-order valence-corrected chi connectivity index (χ4v) is 6.62. The summed E-state index contributed by atoms with van der Waals surface area (Å²) >= 11 is 0. The molecule has 2 aromatic carbocycles. The third kappa shape index (κ3) is 6.52. The molecule has 0 N–H and O–H groups in total. The van der Waals surface area contributed by atoms with Crippen molar-refractivity contribution in [3.05, 3.63) is 95.7 Å². The maximum atomic E-state index is 12.0. The van der Waals surface area contributed by atoms with E-state index in [9.17, 15) is 9.59 Å². The van der Waals surface area contributed by atoms with E-state index in [1.807, 2.05) is 32.1 Å². The number of hydrogen-bond acceptors (Lipinski definition) is 6. The van der Waals surface area contributed by atoms with Gasteiger partial charge in [0.05, 0.1) is 13.2 Å². The van der Waals surface area contributed by atoms with Crippen molar-refractivity contribution >= 4 is 31.2 Å². The molecule has 0 fully saturated rings. The minimum absolute atomic E-state index is 0.155. The third-order valence-corrected chi connectivity index (χ3v) is 9.08. The number of allylic oxidation sites excluding steroid dienone is 5. The van der Waals surface area contributed by atoms with Crippen LogP contribution in [-0.4, -0.2) is 51.5 Å². The second-order valence-corrected chi connectivity index (χ2v) is 12.5. The molecule has 2 aliphatic rings. The molecular weight excluding hydrogens is 547 g/mol. The van der Waals surface area contributed by atoms with Crippen LogP contribution in [0.15, 0.2) is 84.6 Å². The average Bonchev–Trinajstić information content (AvgIpc) is 3.30. The van der Waals surface area contributed by atoms with Crippen LogP contribution < -0.4 is 9.80 Å². The molecule has 2 radical (unpaired) electrons. The minimum atomic E-state index is -0.787. The Balaban J connectivity index is 1.56. The molecule has 2 aliphatic heterocycles. The van der Waals surface area contributed by atoms with Gasteiger partial charge in [0.2, 0.25) is 0 Å². The number of esters is 2. The number of fused-ring (bicyclic) bond motifs is 2. The Hall–Kier alpha value is -3.74. The SMILES string of the molecule is [B]C1(/C=C/C=C/C=C2/N(CCCC(=O)OCC)c3ccccc3C2(C)C)N(CCCC(=O)OCC)c2ccccc2C1(C)C. The Bertz CT molecular complexity index is 1430. The van der Waals surface area contributed by atoms with Gasteiger partial charge in [-0.3, -0.25) is 9.59 Å². The predicted octanol–water partition coefficient (Wildman–Crippen LogP) is 7.13. The molecule has 0 saturated carbocycles. The first-order chi connectivity index (χ1) is 21.0. The predicted molar refractivity (Wildman–Crippen MR) is 180 cm³/mol. The molecular formula is C37H47BN2O4. The van der Waals surface area contributed by atoms with Crippen molar-refractivity contribution < 1.29 is 19.1 Å². The molecule has 0 amide bonds. The lowest BCUT2D eigenvalue weighted by atomic mass is 9.59. The van der Waals surface area contributed by atoms with Crippen LogP contribution >= 0.6 is 0 Å². The molecule has 44 heavy (non-hydrogen) atoms. The molecule has 1 unspecified atom stereocenters. The van der Waals surface area contributed by atoms with Gasteiger partial charge in [-0.2, -0.15) is 0 Å². The monoisotopic (exact) mass is 594 g/mol. The molecule has 0 aliphatic carbocycles. The molecule has 6 nitrogen and oxygen atoms in total. The van der Waals surface area contributed by atoms with Gasteiger partial charge >= 0.3 is 11.9 Å². The second kappa shape index (κ2) is 13.9. The van der Waals surface area contributed by atoms with Gasteiger partial charge < -0.3 is 19.3 Å². The lowest BCUT2D eigenvalue weighted by Gasteiger charge is -2.44. The average molecular weight is 595 g/mol. The Morgan fingerprint density at radius 1 is 0.773 bits per heavy atom. The van der Waals surface area contributed by atoms with Crippen molar-refractivity contribution in [1.29, 1.82) is 0 Å². The summed E-state index contributed by atoms with van der Waals surface area (Å²) in [4.78, 5) is 28.6. The molecule has 7 heteroatoms. The summed E-state index contributed by atoms with van der Waals surface area (Å²) in [5.41, 5.74) is 4.60. The molecule has 4 rings (SSSR count). The van der Waals surface area contributed by atoms with Gasteiger partial charge in [0.25, 0.3) is 0 Å². The van der Waals surface area contributed by atoms with Gasteiger partial charge in [-0.25, -0.2) is 0 Å². The van der Waals surface area contributed by atoms with Gasteiger partial charge in [0, 0.05) is 59.3 Å². The van der Waals surface area contributed by atoms with E-state index in [0.29, 0.717) is 45.4 Å². The van der Waals surface area contributed by atoms with Crippen LogP contribution in [-0.2, 0) is 29.9 Å². The van der Waals surface area contributed by atoms with E-state index in [1.54, 1.807) is 0 Å². The van der Waals surface area contributed by atoms with E-state index in [2.05, 4.69) is 98.2 Å². The number of hydrogen-bond donors (Lipinski definition) is 0. The summed E-state index contributed by atoms with van der Waals surface area (Å²) in [5.74, 6) is -0.335. The summed E-state index contributed by atoms with van der Waals surface area (Å²) in [5, 5.41) is 0. The van der Waals surface area contributed by atoms with E-state index in [0.717, 1.165) is 12.2 Å². The molecule has 2 heterocycles. The summed E-state index contributed by atoms with van der Waals surface area (Å²) in [6.07, 6.45) is 12.5. The first-order valence-corrected chi connectivity index (χ1v) is 15.9. The topological polar surface area (TPSA) is 59.1 Å². The summed E-state index contributed by atoms with van der Waals surface area (Å²) in [7, 11) is 7.26. The lowest BCUT2D eigenvalue weighted by Crippen LogP contribution is -2.55. The number of nitrogens with zero attached hydrogens (tertiary/aromatic N) is 2. The summed E-state index contributed by atoms with van der Waals surface area (Å²) < 4.78 is 10.3. The number of carbonyl (C=O) groups is 2. The smallest absolute Gasteiger partial charge is 0.305 e. The van der Waals surface area contributed by atoms with Crippen LogP contribution in [0.5, 0.6) is 0 Å². The fourth-order valence-electron chi connectivity index (χ4n) is 6.62. The Morgan fingerprint density at radius 2 is 1.34 bits per heavy atom. The van der Waals surface area contributed by atoms with Gasteiger partial charge in [0.15, 0.2) is 0 Å². The maximum absolute atomic E-state index is 12.0. The Labute approximate surface area is 265 Å². The maximum Gasteiger partial charge on any atom is 0.305 e. The number of carbonyl (C=O) groups excluding carboxylic acids is 2. The molecule has 1 atom stereocenters. The van der Waals surface area contributed by atoms with E-state index < -0.39 is 5.44 Å². The molecule has 0 bridgehead atoms. The number of ether oxygens (including phenoxy) is 2. The van der Waals surface area contributed by atoms with Crippen LogP contribution in [0.2, 0.25) is 0 Å². The summed E-state index contributed by atoms with van der Waals surface area (Å²) in [6.45, 7) is 14.7. The molecule has 232 valence electrons. The number of anilines is 2. The van der Waals surface area contributed by atoms with E-state index in [4.69, 9.17) is 17.3 Å². The number of para-hydroxylation sites is 2. The highest BCUT2D eigenvalue weighted by molar-refractivity contribution is 6.21. The first-order valence-electron chi connectivity index (χ1n) is 15.9. The van der Waals surface area contributed by atoms with Crippen molar-refractivity contribution in [2.24, 2.45) is 0 Å². The van der Waals surface area contributed by atoms with Gasteiger partial charge in [0.1, 0.15) is 7.85 Å². The van der Waals surface area contributed by atoms with E-state index in [1.165, 1.54) is 22.5 Å². The molecule has 0 aromatic heterocycles. The first kappa shape index (κ1) is 33.2. The van der Waals surface area contributed by atoms with Crippen LogP contribution in [0, 0.1) is 0 Å². The highest BCUT2D eigenvalue weighted by Gasteiger charge is 2.51. The quantitative estimate of drug-likeness (QED) is 0.140. The molecule has 0 saturated heterocycles. The summed E-state index contributed by atoms with van der Waals surface area (Å²) in [6, 6.07) is 16.8.